The predicted octanol–water partition coefficient (Wildman–Crippen LogP) is 0.741. The van der Waals surface area contributed by atoms with E-state index < -0.39 is 22.9 Å². The van der Waals surface area contributed by atoms with Gasteiger partial charge < -0.3 is 10.0 Å². The second-order valence-corrected chi connectivity index (χ2v) is 5.48. The fourth-order valence-electron chi connectivity index (χ4n) is 2.15. The molecule has 0 unspecified atom stereocenters. The summed E-state index contributed by atoms with van der Waals surface area (Å²) in [4.78, 5) is 32.0. The van der Waals surface area contributed by atoms with Crippen molar-refractivity contribution in [3.05, 3.63) is 56.5 Å². The summed E-state index contributed by atoms with van der Waals surface area (Å²) in [5, 5.41) is 10.2. The zero-order chi connectivity index (χ0) is 17.7. The monoisotopic (exact) mass is 334 g/mol. The lowest BCUT2D eigenvalue weighted by Gasteiger charge is -2.10. The number of rotatable bonds is 6. The minimum absolute atomic E-state index is 0.154. The minimum Gasteiger partial charge on any atom is -0.493 e. The Balaban J connectivity index is 2.39. The van der Waals surface area contributed by atoms with E-state index in [-0.39, 0.29) is 11.3 Å². The van der Waals surface area contributed by atoms with E-state index >= 15 is 0 Å². The summed E-state index contributed by atoms with van der Waals surface area (Å²) in [7, 11) is 3.87. The van der Waals surface area contributed by atoms with Gasteiger partial charge in [0.25, 0.3) is 5.56 Å². The Morgan fingerprint density at radius 1 is 1.33 bits per heavy atom. The van der Waals surface area contributed by atoms with Crippen LogP contribution in [0.4, 0.5) is 4.39 Å². The van der Waals surface area contributed by atoms with Crippen LogP contribution < -0.4 is 11.2 Å². The summed E-state index contributed by atoms with van der Waals surface area (Å²) >= 11 is 0. The van der Waals surface area contributed by atoms with E-state index in [4.69, 9.17) is 0 Å². The number of aromatic hydroxyl groups is 1. The largest absolute Gasteiger partial charge is 0.493 e. The van der Waals surface area contributed by atoms with E-state index in [0.29, 0.717) is 11.1 Å². The molecule has 2 N–H and O–H groups in total. The Morgan fingerprint density at radius 2 is 2.04 bits per heavy atom. The lowest BCUT2D eigenvalue weighted by Crippen LogP contribution is -2.31. The number of aromatic nitrogens is 2. The smallest absolute Gasteiger partial charge is 0.335 e. The SMILES string of the molecule is CN(C)CCCN=Cc1c(O)n(-c2ccccc2F)c(=O)[nH]c1=O. The topological polar surface area (TPSA) is 90.7 Å². The van der Waals surface area contributed by atoms with E-state index in [1.165, 1.54) is 24.4 Å². The summed E-state index contributed by atoms with van der Waals surface area (Å²) in [6, 6.07) is 5.46. The van der Waals surface area contributed by atoms with Crippen LogP contribution in [-0.2, 0) is 0 Å². The molecule has 0 aliphatic carbocycles. The second kappa shape index (κ2) is 7.69. The quantitative estimate of drug-likeness (QED) is 0.602. The van der Waals surface area contributed by atoms with Crippen LogP contribution in [0.3, 0.4) is 0 Å². The maximum Gasteiger partial charge on any atom is 0.335 e. The highest BCUT2D eigenvalue weighted by molar-refractivity contribution is 5.82. The Morgan fingerprint density at radius 3 is 2.71 bits per heavy atom. The third-order valence-electron chi connectivity index (χ3n) is 3.33. The number of nitrogens with one attached hydrogen (secondary N) is 1. The maximum atomic E-state index is 13.9. The Labute approximate surface area is 137 Å². The molecule has 0 amide bonds. The number of halogens is 1. The van der Waals surface area contributed by atoms with Gasteiger partial charge in [0.2, 0.25) is 5.88 Å². The van der Waals surface area contributed by atoms with Crippen LogP contribution in [-0.4, -0.2) is 53.0 Å². The number of H-pyrrole nitrogens is 1. The first-order valence-electron chi connectivity index (χ1n) is 7.39. The fraction of sp³-hybridized carbons (Fsp3) is 0.312. The Kier molecular flexibility index (Phi) is 5.64. The lowest BCUT2D eigenvalue weighted by molar-refractivity contribution is 0.403. The molecule has 128 valence electrons. The second-order valence-electron chi connectivity index (χ2n) is 5.48. The number of aromatic amines is 1. The van der Waals surface area contributed by atoms with E-state index in [2.05, 4.69) is 9.98 Å². The molecule has 24 heavy (non-hydrogen) atoms. The lowest BCUT2D eigenvalue weighted by atomic mass is 10.2. The molecule has 0 aliphatic rings. The molecule has 8 heteroatoms. The van der Waals surface area contributed by atoms with Gasteiger partial charge in [0.1, 0.15) is 11.4 Å². The van der Waals surface area contributed by atoms with Gasteiger partial charge in [-0.2, -0.15) is 0 Å². The normalized spacial score (nSPS) is 11.5. The number of aliphatic imine (C=N–C) groups is 1. The summed E-state index contributed by atoms with van der Waals surface area (Å²) in [6.45, 7) is 1.28. The van der Waals surface area contributed by atoms with Gasteiger partial charge in [0.15, 0.2) is 0 Å². The molecule has 7 nitrogen and oxygen atoms in total. The molecule has 0 saturated carbocycles. The van der Waals surface area contributed by atoms with Crippen molar-refractivity contribution in [1.82, 2.24) is 14.5 Å². The van der Waals surface area contributed by atoms with E-state index in [9.17, 15) is 19.1 Å². The minimum atomic E-state index is -0.924. The van der Waals surface area contributed by atoms with Gasteiger partial charge in [0.05, 0.1) is 5.69 Å². The summed E-state index contributed by atoms with van der Waals surface area (Å²) < 4.78 is 14.6. The van der Waals surface area contributed by atoms with Crippen LogP contribution in [0.5, 0.6) is 5.88 Å². The summed E-state index contributed by atoms with van der Waals surface area (Å²) in [5.74, 6) is -1.35. The third kappa shape index (κ3) is 3.96. The number of hydrogen-bond acceptors (Lipinski definition) is 5. The first kappa shape index (κ1) is 17.6. The first-order valence-corrected chi connectivity index (χ1v) is 7.39. The van der Waals surface area contributed by atoms with Crippen LogP contribution >= 0.6 is 0 Å². The van der Waals surface area contributed by atoms with Gasteiger partial charge in [-0.15, -0.1) is 0 Å². The van der Waals surface area contributed by atoms with Gasteiger partial charge in [-0.3, -0.25) is 14.8 Å². The van der Waals surface area contributed by atoms with Crippen LogP contribution in [0.2, 0.25) is 0 Å². The van der Waals surface area contributed by atoms with Crippen LogP contribution in [0, 0.1) is 5.82 Å². The van der Waals surface area contributed by atoms with Gasteiger partial charge in [0, 0.05) is 12.8 Å². The highest BCUT2D eigenvalue weighted by Crippen LogP contribution is 2.17. The molecule has 2 aromatic rings. The van der Waals surface area contributed by atoms with Crippen molar-refractivity contribution in [3.8, 4) is 11.6 Å². The van der Waals surface area contributed by atoms with Gasteiger partial charge in [-0.1, -0.05) is 12.1 Å². The zero-order valence-corrected chi connectivity index (χ0v) is 13.5. The molecule has 0 saturated heterocycles. The average molecular weight is 334 g/mol. The van der Waals surface area contributed by atoms with E-state index in [0.717, 1.165) is 19.0 Å². The molecule has 0 aliphatic heterocycles. The van der Waals surface area contributed by atoms with E-state index in [1.807, 2.05) is 19.0 Å². The van der Waals surface area contributed by atoms with Crippen molar-refractivity contribution in [3.63, 3.8) is 0 Å². The number of benzene rings is 1. The average Bonchev–Trinajstić information content (AvgIpc) is 2.51. The molecule has 0 atom stereocenters. The highest BCUT2D eigenvalue weighted by Gasteiger charge is 2.16. The zero-order valence-electron chi connectivity index (χ0n) is 13.5. The van der Waals surface area contributed by atoms with Crippen LogP contribution in [0.1, 0.15) is 12.0 Å². The van der Waals surface area contributed by atoms with E-state index in [1.54, 1.807) is 0 Å². The molecule has 2 rings (SSSR count). The Hall–Kier alpha value is -2.74. The molecule has 0 radical (unpaired) electrons. The maximum absolute atomic E-state index is 13.9. The van der Waals surface area contributed by atoms with Crippen molar-refractivity contribution >= 4 is 6.21 Å². The van der Waals surface area contributed by atoms with Crippen molar-refractivity contribution < 1.29 is 9.50 Å². The van der Waals surface area contributed by atoms with Crippen molar-refractivity contribution in [2.75, 3.05) is 27.2 Å². The molecule has 1 aromatic heterocycles. The van der Waals surface area contributed by atoms with Crippen molar-refractivity contribution in [2.24, 2.45) is 4.99 Å². The molecule has 0 bridgehead atoms. The number of hydrogen-bond donors (Lipinski definition) is 2. The van der Waals surface area contributed by atoms with Gasteiger partial charge in [-0.05, 0) is 39.2 Å². The Bertz CT molecular complexity index is 855. The molecular weight excluding hydrogens is 315 g/mol. The summed E-state index contributed by atoms with van der Waals surface area (Å²) in [6.07, 6.45) is 1.97. The molecule has 1 heterocycles. The van der Waals surface area contributed by atoms with Crippen molar-refractivity contribution in [1.29, 1.82) is 0 Å². The third-order valence-corrected chi connectivity index (χ3v) is 3.33. The van der Waals surface area contributed by atoms with Crippen molar-refractivity contribution in [2.45, 2.75) is 6.42 Å². The highest BCUT2D eigenvalue weighted by atomic mass is 19.1. The molecular formula is C16H19FN4O3. The number of nitrogens with zero attached hydrogens (tertiary/aromatic N) is 3. The number of para-hydroxylation sites is 1. The van der Waals surface area contributed by atoms with Gasteiger partial charge >= 0.3 is 5.69 Å². The van der Waals surface area contributed by atoms with Crippen LogP contribution in [0.25, 0.3) is 5.69 Å². The molecule has 0 fully saturated rings. The molecule has 1 aromatic carbocycles. The van der Waals surface area contributed by atoms with Crippen LogP contribution in [0.15, 0.2) is 38.8 Å². The summed E-state index contributed by atoms with van der Waals surface area (Å²) in [5.41, 5.74) is -2.05. The standard InChI is InChI=1S/C16H19FN4O3/c1-20(2)9-5-8-18-10-11-14(22)19-16(24)21(15(11)23)13-7-4-3-6-12(13)17/h3-4,6-7,10,23H,5,8-9H2,1-2H3,(H,19,22,24). The fourth-order valence-corrected chi connectivity index (χ4v) is 2.15. The molecule has 0 spiro atoms. The first-order chi connectivity index (χ1) is 11.4. The van der Waals surface area contributed by atoms with Gasteiger partial charge in [-0.25, -0.2) is 13.8 Å². The predicted molar refractivity (Wildman–Crippen MR) is 89.9 cm³/mol.